The lowest BCUT2D eigenvalue weighted by atomic mass is 10.0. The molecule has 0 radical (unpaired) electrons. The van der Waals surface area contributed by atoms with Crippen LogP contribution in [0, 0.1) is 5.92 Å². The van der Waals surface area contributed by atoms with Crippen molar-refractivity contribution < 1.29 is 24.0 Å². The van der Waals surface area contributed by atoms with Gasteiger partial charge >= 0.3 is 0 Å². The van der Waals surface area contributed by atoms with E-state index < -0.39 is 11.8 Å². The molecule has 0 bridgehead atoms. The molecule has 2 heterocycles. The van der Waals surface area contributed by atoms with Crippen LogP contribution in [0.15, 0.2) is 66.7 Å². The summed E-state index contributed by atoms with van der Waals surface area (Å²) in [5.41, 5.74) is 2.19. The van der Waals surface area contributed by atoms with Gasteiger partial charge in [0.25, 0.3) is 5.91 Å². The SMILES string of the molecule is CCCCC[C@H](CN(C=O)OCc1ccccc1)C(=O)NCNC(=O)c1cccc(-c2cccc(OC)n2)n1. The van der Waals surface area contributed by atoms with Crippen molar-refractivity contribution in [3.63, 3.8) is 0 Å². The number of methoxy groups -OCH3 is 1. The zero-order valence-corrected chi connectivity index (χ0v) is 22.3. The third kappa shape index (κ3) is 9.50. The van der Waals surface area contributed by atoms with Gasteiger partial charge in [0, 0.05) is 6.07 Å². The van der Waals surface area contributed by atoms with Crippen molar-refractivity contribution in [1.29, 1.82) is 0 Å². The van der Waals surface area contributed by atoms with Crippen molar-refractivity contribution in [2.75, 3.05) is 20.3 Å². The predicted octanol–water partition coefficient (Wildman–Crippen LogP) is 3.74. The molecule has 0 aliphatic heterocycles. The lowest BCUT2D eigenvalue weighted by Gasteiger charge is -2.23. The summed E-state index contributed by atoms with van der Waals surface area (Å²) in [5.74, 6) is -0.763. The van der Waals surface area contributed by atoms with Crippen LogP contribution in [0.1, 0.15) is 48.7 Å². The first-order valence-corrected chi connectivity index (χ1v) is 13.0. The monoisotopic (exact) mass is 533 g/mol. The van der Waals surface area contributed by atoms with E-state index in [4.69, 9.17) is 9.57 Å². The number of nitrogens with zero attached hydrogens (tertiary/aromatic N) is 3. The first-order valence-electron chi connectivity index (χ1n) is 13.0. The summed E-state index contributed by atoms with van der Waals surface area (Å²) in [6.45, 7) is 2.32. The van der Waals surface area contributed by atoms with Gasteiger partial charge in [0.1, 0.15) is 12.3 Å². The van der Waals surface area contributed by atoms with Crippen LogP contribution >= 0.6 is 0 Å². The molecule has 0 saturated carbocycles. The molecule has 2 N–H and O–H groups in total. The molecule has 0 unspecified atom stereocenters. The molecular formula is C29H35N5O5. The second kappa shape index (κ2) is 15.8. The minimum absolute atomic E-state index is 0.0861. The number of carbonyl (C=O) groups is 3. The van der Waals surface area contributed by atoms with Gasteiger partial charge in [0.2, 0.25) is 18.2 Å². The highest BCUT2D eigenvalue weighted by atomic mass is 16.7. The average molecular weight is 534 g/mol. The van der Waals surface area contributed by atoms with E-state index in [-0.39, 0.29) is 31.4 Å². The number of rotatable bonds is 16. The van der Waals surface area contributed by atoms with Gasteiger partial charge in [-0.05, 0) is 30.2 Å². The minimum atomic E-state index is -0.491. The molecule has 0 spiro atoms. The van der Waals surface area contributed by atoms with Crippen molar-refractivity contribution in [3.8, 4) is 17.3 Å². The number of unbranched alkanes of at least 4 members (excludes halogenated alkanes) is 2. The first kappa shape index (κ1) is 29.2. The van der Waals surface area contributed by atoms with Crippen LogP contribution in [0.5, 0.6) is 5.88 Å². The van der Waals surface area contributed by atoms with Gasteiger partial charge in [-0.1, -0.05) is 68.7 Å². The van der Waals surface area contributed by atoms with Crippen molar-refractivity contribution in [2.45, 2.75) is 39.2 Å². The Kier molecular flexibility index (Phi) is 11.9. The number of pyridine rings is 2. The number of hydrogen-bond acceptors (Lipinski definition) is 7. The third-order valence-electron chi connectivity index (χ3n) is 5.97. The van der Waals surface area contributed by atoms with Gasteiger partial charge in [-0.15, -0.1) is 0 Å². The van der Waals surface area contributed by atoms with Gasteiger partial charge in [0.05, 0.1) is 37.6 Å². The standard InChI is InChI=1S/C29H35N5O5/c1-3-4-6-13-23(18-34(21-35)39-19-22-11-7-5-8-12-22)28(36)30-20-31-29(37)26-16-9-14-24(32-26)25-15-10-17-27(33-25)38-2/h5,7-12,14-17,21,23H,3-4,6,13,18-20H2,1-2H3,(H,30,36)(H,31,37)/t23-/m1/s1. The van der Waals surface area contributed by atoms with Crippen LogP contribution in [-0.2, 0) is 21.0 Å². The Morgan fingerprint density at radius 1 is 0.949 bits per heavy atom. The number of hydroxylamine groups is 2. The normalized spacial score (nSPS) is 11.3. The van der Waals surface area contributed by atoms with Crippen LogP contribution in [0.2, 0.25) is 0 Å². The van der Waals surface area contributed by atoms with Crippen LogP contribution in [0.4, 0.5) is 0 Å². The molecule has 0 saturated heterocycles. The molecule has 1 aromatic carbocycles. The Hall–Kier alpha value is -4.31. The van der Waals surface area contributed by atoms with Crippen LogP contribution in [0.3, 0.4) is 0 Å². The average Bonchev–Trinajstić information content (AvgIpc) is 2.98. The smallest absolute Gasteiger partial charge is 0.271 e. The molecule has 206 valence electrons. The highest BCUT2D eigenvalue weighted by Crippen LogP contribution is 2.18. The molecule has 0 aliphatic rings. The quantitative estimate of drug-likeness (QED) is 0.124. The summed E-state index contributed by atoms with van der Waals surface area (Å²) in [6.07, 6.45) is 3.98. The fourth-order valence-electron chi connectivity index (χ4n) is 3.84. The van der Waals surface area contributed by atoms with E-state index in [1.807, 2.05) is 30.3 Å². The minimum Gasteiger partial charge on any atom is -0.481 e. The predicted molar refractivity (Wildman–Crippen MR) is 146 cm³/mol. The summed E-state index contributed by atoms with van der Waals surface area (Å²) in [6, 6.07) is 19.8. The number of ether oxygens (including phenoxy) is 1. The van der Waals surface area contributed by atoms with Crippen LogP contribution < -0.4 is 15.4 Å². The number of nitrogens with one attached hydrogen (secondary N) is 2. The zero-order chi connectivity index (χ0) is 27.9. The molecule has 1 atom stereocenters. The summed E-state index contributed by atoms with van der Waals surface area (Å²) in [7, 11) is 1.53. The van der Waals surface area contributed by atoms with E-state index in [0.717, 1.165) is 29.9 Å². The highest BCUT2D eigenvalue weighted by Gasteiger charge is 2.22. The Morgan fingerprint density at radius 2 is 1.69 bits per heavy atom. The summed E-state index contributed by atoms with van der Waals surface area (Å²) < 4.78 is 5.16. The van der Waals surface area contributed by atoms with Gasteiger partial charge in [-0.25, -0.2) is 15.0 Å². The molecular weight excluding hydrogens is 498 g/mol. The van der Waals surface area contributed by atoms with Crippen LogP contribution in [-0.4, -0.2) is 53.6 Å². The molecule has 2 aromatic heterocycles. The first-order chi connectivity index (χ1) is 19.0. The summed E-state index contributed by atoms with van der Waals surface area (Å²) in [5, 5.41) is 6.58. The van der Waals surface area contributed by atoms with Crippen molar-refractivity contribution in [1.82, 2.24) is 25.7 Å². The maximum absolute atomic E-state index is 13.0. The van der Waals surface area contributed by atoms with E-state index in [1.54, 1.807) is 36.4 Å². The molecule has 3 aromatic rings. The van der Waals surface area contributed by atoms with Crippen molar-refractivity contribution in [2.24, 2.45) is 5.92 Å². The highest BCUT2D eigenvalue weighted by molar-refractivity contribution is 5.93. The largest absolute Gasteiger partial charge is 0.481 e. The van der Waals surface area contributed by atoms with E-state index in [0.29, 0.717) is 30.1 Å². The maximum Gasteiger partial charge on any atom is 0.271 e. The van der Waals surface area contributed by atoms with Gasteiger partial charge in [-0.2, -0.15) is 0 Å². The van der Waals surface area contributed by atoms with Crippen molar-refractivity contribution >= 4 is 18.2 Å². The van der Waals surface area contributed by atoms with E-state index in [1.165, 1.54) is 7.11 Å². The fourth-order valence-corrected chi connectivity index (χ4v) is 3.84. The number of amides is 3. The summed E-state index contributed by atoms with van der Waals surface area (Å²) >= 11 is 0. The molecule has 10 nitrogen and oxygen atoms in total. The Bertz CT molecular complexity index is 1210. The maximum atomic E-state index is 13.0. The lowest BCUT2D eigenvalue weighted by Crippen LogP contribution is -2.43. The molecule has 10 heteroatoms. The topological polar surface area (TPSA) is 123 Å². The van der Waals surface area contributed by atoms with E-state index in [9.17, 15) is 14.4 Å². The molecule has 3 amide bonds. The number of carbonyl (C=O) groups excluding carboxylic acids is 3. The molecule has 0 fully saturated rings. The lowest BCUT2D eigenvalue weighted by molar-refractivity contribution is -0.182. The molecule has 0 aliphatic carbocycles. The Labute approximate surface area is 228 Å². The molecule has 3 rings (SSSR count). The second-order valence-corrected chi connectivity index (χ2v) is 8.85. The van der Waals surface area contributed by atoms with Gasteiger partial charge < -0.3 is 15.4 Å². The zero-order valence-electron chi connectivity index (χ0n) is 22.3. The number of hydrogen-bond donors (Lipinski definition) is 2. The van der Waals surface area contributed by atoms with Gasteiger partial charge in [0.15, 0.2) is 0 Å². The van der Waals surface area contributed by atoms with Gasteiger partial charge in [-0.3, -0.25) is 19.2 Å². The number of benzene rings is 1. The van der Waals surface area contributed by atoms with E-state index >= 15 is 0 Å². The Morgan fingerprint density at radius 3 is 2.41 bits per heavy atom. The Balaban J connectivity index is 1.55. The summed E-state index contributed by atoms with van der Waals surface area (Å²) in [4.78, 5) is 51.7. The third-order valence-corrected chi connectivity index (χ3v) is 5.97. The van der Waals surface area contributed by atoms with Crippen molar-refractivity contribution in [3.05, 3.63) is 78.0 Å². The fraction of sp³-hybridized carbons (Fsp3) is 0.345. The number of aromatic nitrogens is 2. The second-order valence-electron chi connectivity index (χ2n) is 8.85. The molecule has 39 heavy (non-hydrogen) atoms. The van der Waals surface area contributed by atoms with E-state index in [2.05, 4.69) is 27.5 Å². The van der Waals surface area contributed by atoms with Crippen LogP contribution in [0.25, 0.3) is 11.4 Å².